The molecule has 1 aliphatic heterocycles. The Morgan fingerprint density at radius 3 is 2.96 bits per heavy atom. The van der Waals surface area contributed by atoms with Crippen molar-refractivity contribution < 1.29 is 4.79 Å². The van der Waals surface area contributed by atoms with E-state index < -0.39 is 0 Å². The molecule has 122 valence electrons. The molecule has 1 amide bonds. The highest BCUT2D eigenvalue weighted by Gasteiger charge is 2.32. The lowest BCUT2D eigenvalue weighted by Gasteiger charge is -2.26. The minimum Gasteiger partial charge on any atom is -0.331 e. The molecule has 0 radical (unpaired) electrons. The summed E-state index contributed by atoms with van der Waals surface area (Å²) in [4.78, 5) is 19.4. The zero-order valence-electron chi connectivity index (χ0n) is 13.3. The third-order valence-corrected chi connectivity index (χ3v) is 5.03. The molecule has 0 saturated carbocycles. The van der Waals surface area contributed by atoms with Crippen molar-refractivity contribution >= 4 is 27.5 Å². The lowest BCUT2D eigenvalue weighted by atomic mass is 9.99. The topological polar surface area (TPSA) is 50.5 Å². The van der Waals surface area contributed by atoms with Crippen molar-refractivity contribution in [3.63, 3.8) is 0 Å². The van der Waals surface area contributed by atoms with Gasteiger partial charge in [0.1, 0.15) is 5.56 Å². The van der Waals surface area contributed by atoms with Gasteiger partial charge in [0.2, 0.25) is 0 Å². The molecule has 0 spiro atoms. The highest BCUT2D eigenvalue weighted by Crippen LogP contribution is 2.35. The molecule has 0 bridgehead atoms. The van der Waals surface area contributed by atoms with Gasteiger partial charge in [0.05, 0.1) is 16.7 Å². The van der Waals surface area contributed by atoms with Gasteiger partial charge in [-0.2, -0.15) is 5.10 Å². The predicted octanol–water partition coefficient (Wildman–Crippen LogP) is 3.78. The SMILES string of the molecule is Cc1ccccc1[C@H]1CCCN1C(=O)c1cnn2cc(Br)cnc12. The lowest BCUT2D eigenvalue weighted by molar-refractivity contribution is 0.0737. The number of rotatable bonds is 2. The maximum atomic E-state index is 13.1. The largest absolute Gasteiger partial charge is 0.331 e. The number of amides is 1. The number of likely N-dealkylation sites (tertiary alicyclic amines) is 1. The van der Waals surface area contributed by atoms with Crippen LogP contribution in [0.4, 0.5) is 0 Å². The second kappa shape index (κ2) is 6.02. The number of carbonyl (C=O) groups is 1. The predicted molar refractivity (Wildman–Crippen MR) is 94.9 cm³/mol. The van der Waals surface area contributed by atoms with Gasteiger partial charge in [-0.25, -0.2) is 9.50 Å². The average molecular weight is 385 g/mol. The molecule has 1 atom stereocenters. The highest BCUT2D eigenvalue weighted by atomic mass is 79.9. The van der Waals surface area contributed by atoms with Crippen LogP contribution in [0.3, 0.4) is 0 Å². The molecule has 0 aliphatic carbocycles. The highest BCUT2D eigenvalue weighted by molar-refractivity contribution is 9.10. The second-order valence-corrected chi connectivity index (χ2v) is 7.03. The van der Waals surface area contributed by atoms with Crippen molar-refractivity contribution in [3.05, 3.63) is 64.0 Å². The summed E-state index contributed by atoms with van der Waals surface area (Å²) in [7, 11) is 0. The van der Waals surface area contributed by atoms with Crippen LogP contribution in [0.25, 0.3) is 5.65 Å². The Bertz CT molecular complexity index is 920. The van der Waals surface area contributed by atoms with Crippen LogP contribution < -0.4 is 0 Å². The van der Waals surface area contributed by atoms with Crippen LogP contribution in [0.1, 0.15) is 40.4 Å². The molecular formula is C18H17BrN4O. The third-order valence-electron chi connectivity index (χ3n) is 4.62. The third kappa shape index (κ3) is 2.51. The second-order valence-electron chi connectivity index (χ2n) is 6.11. The Labute approximate surface area is 148 Å². The van der Waals surface area contributed by atoms with Gasteiger partial charge in [-0.05, 0) is 46.8 Å². The van der Waals surface area contributed by atoms with E-state index >= 15 is 0 Å². The fourth-order valence-electron chi connectivity index (χ4n) is 3.45. The smallest absolute Gasteiger partial charge is 0.259 e. The quantitative estimate of drug-likeness (QED) is 0.675. The first kappa shape index (κ1) is 15.3. The van der Waals surface area contributed by atoms with Gasteiger partial charge in [-0.1, -0.05) is 24.3 Å². The number of carbonyl (C=O) groups excluding carboxylic acids is 1. The molecular weight excluding hydrogens is 368 g/mol. The lowest BCUT2D eigenvalue weighted by Crippen LogP contribution is -2.30. The Balaban J connectivity index is 1.71. The molecule has 1 aliphatic rings. The number of nitrogens with zero attached hydrogens (tertiary/aromatic N) is 4. The van der Waals surface area contributed by atoms with E-state index in [9.17, 15) is 4.79 Å². The molecule has 1 fully saturated rings. The number of halogens is 1. The maximum absolute atomic E-state index is 13.1. The fourth-order valence-corrected chi connectivity index (χ4v) is 3.75. The first-order valence-corrected chi connectivity index (χ1v) is 8.80. The summed E-state index contributed by atoms with van der Waals surface area (Å²) in [6.45, 7) is 2.87. The van der Waals surface area contributed by atoms with Crippen LogP contribution in [-0.2, 0) is 0 Å². The molecule has 6 heteroatoms. The number of fused-ring (bicyclic) bond motifs is 1. The molecule has 24 heavy (non-hydrogen) atoms. The van der Waals surface area contributed by atoms with E-state index in [4.69, 9.17) is 0 Å². The molecule has 3 heterocycles. The van der Waals surface area contributed by atoms with Gasteiger partial charge in [0.25, 0.3) is 5.91 Å². The van der Waals surface area contributed by atoms with Crippen molar-refractivity contribution in [1.82, 2.24) is 19.5 Å². The Hall–Kier alpha value is -2.21. The summed E-state index contributed by atoms with van der Waals surface area (Å²) in [5.74, 6) is 0.00516. The van der Waals surface area contributed by atoms with Crippen molar-refractivity contribution in [3.8, 4) is 0 Å². The van der Waals surface area contributed by atoms with E-state index in [1.165, 1.54) is 11.1 Å². The van der Waals surface area contributed by atoms with Gasteiger partial charge in [0.15, 0.2) is 5.65 Å². The van der Waals surface area contributed by atoms with E-state index in [-0.39, 0.29) is 11.9 Å². The molecule has 0 unspecified atom stereocenters. The standard InChI is InChI=1S/C18H17BrN4O/c1-12-5-2-3-6-14(12)16-7-4-8-22(16)18(24)15-10-21-23-11-13(19)9-20-17(15)23/h2-3,5-6,9-11,16H,4,7-8H2,1H3/t16-/m1/s1. The number of hydrogen-bond acceptors (Lipinski definition) is 3. The van der Waals surface area contributed by atoms with Crippen molar-refractivity contribution in [1.29, 1.82) is 0 Å². The minimum absolute atomic E-state index is 0.00516. The van der Waals surface area contributed by atoms with E-state index in [1.54, 1.807) is 16.9 Å². The molecule has 0 N–H and O–H groups in total. The molecule has 1 saturated heterocycles. The normalized spacial score (nSPS) is 17.6. The number of aryl methyl sites for hydroxylation is 1. The number of hydrogen-bond donors (Lipinski definition) is 0. The summed E-state index contributed by atoms with van der Waals surface area (Å²) >= 11 is 3.37. The number of benzene rings is 1. The molecule has 5 nitrogen and oxygen atoms in total. The van der Waals surface area contributed by atoms with Gasteiger partial charge in [0, 0.05) is 18.9 Å². The summed E-state index contributed by atoms with van der Waals surface area (Å²) in [5, 5.41) is 4.26. The van der Waals surface area contributed by atoms with Crippen LogP contribution >= 0.6 is 15.9 Å². The molecule has 4 rings (SSSR count). The average Bonchev–Trinajstić information content (AvgIpc) is 3.21. The Morgan fingerprint density at radius 1 is 1.29 bits per heavy atom. The zero-order valence-corrected chi connectivity index (χ0v) is 14.9. The van der Waals surface area contributed by atoms with Gasteiger partial charge in [-0.3, -0.25) is 4.79 Å². The minimum atomic E-state index is 0.00516. The monoisotopic (exact) mass is 384 g/mol. The maximum Gasteiger partial charge on any atom is 0.259 e. The van der Waals surface area contributed by atoms with Gasteiger partial charge >= 0.3 is 0 Å². The Kier molecular flexibility index (Phi) is 3.84. The van der Waals surface area contributed by atoms with Crippen LogP contribution in [-0.4, -0.2) is 31.9 Å². The van der Waals surface area contributed by atoms with Crippen LogP contribution in [0.15, 0.2) is 47.3 Å². The van der Waals surface area contributed by atoms with E-state index in [2.05, 4.69) is 45.1 Å². The van der Waals surface area contributed by atoms with Crippen LogP contribution in [0.5, 0.6) is 0 Å². The van der Waals surface area contributed by atoms with E-state index in [0.29, 0.717) is 11.2 Å². The first-order chi connectivity index (χ1) is 11.6. The van der Waals surface area contributed by atoms with E-state index in [1.807, 2.05) is 23.2 Å². The molecule has 2 aromatic heterocycles. The first-order valence-electron chi connectivity index (χ1n) is 8.00. The summed E-state index contributed by atoms with van der Waals surface area (Å²) < 4.78 is 2.46. The summed E-state index contributed by atoms with van der Waals surface area (Å²) in [6, 6.07) is 8.43. The van der Waals surface area contributed by atoms with E-state index in [0.717, 1.165) is 23.9 Å². The molecule has 1 aromatic carbocycles. The van der Waals surface area contributed by atoms with Crippen LogP contribution in [0.2, 0.25) is 0 Å². The molecule has 3 aromatic rings. The van der Waals surface area contributed by atoms with Crippen molar-refractivity contribution in [2.24, 2.45) is 0 Å². The summed E-state index contributed by atoms with van der Waals surface area (Å²) in [6.07, 6.45) is 7.13. The zero-order chi connectivity index (χ0) is 16.7. The summed E-state index contributed by atoms with van der Waals surface area (Å²) in [5.41, 5.74) is 3.61. The Morgan fingerprint density at radius 2 is 2.12 bits per heavy atom. The van der Waals surface area contributed by atoms with Gasteiger partial charge in [-0.15, -0.1) is 0 Å². The van der Waals surface area contributed by atoms with Gasteiger partial charge < -0.3 is 4.90 Å². The fraction of sp³-hybridized carbons (Fsp3) is 0.278. The number of aromatic nitrogens is 3. The van der Waals surface area contributed by atoms with Crippen LogP contribution in [0, 0.1) is 6.92 Å². The van der Waals surface area contributed by atoms with Crippen molar-refractivity contribution in [2.75, 3.05) is 6.54 Å². The van der Waals surface area contributed by atoms with Crippen molar-refractivity contribution in [2.45, 2.75) is 25.8 Å².